The standard InChI is InChI=1S/C31H28FN3O3S/c1-19-28(27-17-24(20(2)39-27)26-14-7-11-22(34-26)18-38-3)31(37)35(16-15-21-9-5-4-6-10-21)30(33-19)23-12-8-13-25(32)29(23)36/h4-14,17,36H,15-16,18H2,1-3H3. The molecule has 0 aliphatic heterocycles. The van der Waals surface area contributed by atoms with Gasteiger partial charge in [0.25, 0.3) is 5.56 Å². The van der Waals surface area contributed by atoms with Gasteiger partial charge in [-0.3, -0.25) is 14.3 Å². The monoisotopic (exact) mass is 541 g/mol. The van der Waals surface area contributed by atoms with E-state index in [-0.39, 0.29) is 16.9 Å². The van der Waals surface area contributed by atoms with Gasteiger partial charge in [0, 0.05) is 29.0 Å². The number of hydrogen-bond acceptors (Lipinski definition) is 6. The highest BCUT2D eigenvalue weighted by Gasteiger charge is 2.22. The third kappa shape index (κ3) is 5.39. The number of hydrogen-bond donors (Lipinski definition) is 1. The first-order valence-electron chi connectivity index (χ1n) is 12.6. The van der Waals surface area contributed by atoms with Crippen molar-refractivity contribution in [2.45, 2.75) is 33.4 Å². The van der Waals surface area contributed by atoms with Crippen LogP contribution in [-0.4, -0.2) is 26.8 Å². The molecule has 3 aromatic heterocycles. The van der Waals surface area contributed by atoms with E-state index in [9.17, 15) is 14.3 Å². The zero-order chi connectivity index (χ0) is 27.5. The molecule has 0 bridgehead atoms. The number of benzene rings is 2. The number of para-hydroxylation sites is 1. The number of thiophene rings is 1. The van der Waals surface area contributed by atoms with Crippen molar-refractivity contribution < 1.29 is 14.2 Å². The number of aromatic nitrogens is 3. The molecule has 0 amide bonds. The minimum Gasteiger partial charge on any atom is -0.504 e. The van der Waals surface area contributed by atoms with Crippen LogP contribution in [-0.2, 0) is 24.3 Å². The fourth-order valence-electron chi connectivity index (χ4n) is 4.66. The summed E-state index contributed by atoms with van der Waals surface area (Å²) in [7, 11) is 1.63. The molecule has 39 heavy (non-hydrogen) atoms. The normalized spacial score (nSPS) is 11.2. The molecule has 8 heteroatoms. The van der Waals surface area contributed by atoms with Gasteiger partial charge in [-0.1, -0.05) is 42.5 Å². The number of aromatic hydroxyl groups is 1. The van der Waals surface area contributed by atoms with Gasteiger partial charge in [-0.15, -0.1) is 11.3 Å². The van der Waals surface area contributed by atoms with Gasteiger partial charge in [0.1, 0.15) is 5.82 Å². The maximum Gasteiger partial charge on any atom is 0.262 e. The van der Waals surface area contributed by atoms with Gasteiger partial charge >= 0.3 is 0 Å². The Hall–Kier alpha value is -4.14. The summed E-state index contributed by atoms with van der Waals surface area (Å²) in [5, 5.41) is 10.5. The Kier molecular flexibility index (Phi) is 7.67. The zero-order valence-electron chi connectivity index (χ0n) is 21.9. The Labute approximate surface area is 230 Å². The number of pyridine rings is 1. The number of aryl methyl sites for hydroxylation is 3. The van der Waals surface area contributed by atoms with Crippen molar-refractivity contribution in [3.8, 4) is 38.8 Å². The number of phenols is 1. The number of methoxy groups -OCH3 is 1. The van der Waals surface area contributed by atoms with Gasteiger partial charge in [0.15, 0.2) is 11.6 Å². The third-order valence-electron chi connectivity index (χ3n) is 6.58. The van der Waals surface area contributed by atoms with Crippen LogP contribution in [0, 0.1) is 19.7 Å². The van der Waals surface area contributed by atoms with Crippen LogP contribution in [0.4, 0.5) is 4.39 Å². The van der Waals surface area contributed by atoms with Crippen molar-refractivity contribution >= 4 is 11.3 Å². The number of phenolic OH excluding ortho intramolecular Hbond substituents is 1. The van der Waals surface area contributed by atoms with Gasteiger partial charge in [0.05, 0.1) is 34.8 Å². The highest BCUT2D eigenvalue weighted by Crippen LogP contribution is 2.37. The molecule has 2 aromatic carbocycles. The topological polar surface area (TPSA) is 77.2 Å². The van der Waals surface area contributed by atoms with Crippen molar-refractivity contribution in [3.63, 3.8) is 0 Å². The average molecular weight is 542 g/mol. The van der Waals surface area contributed by atoms with Gasteiger partial charge in [0.2, 0.25) is 0 Å². The van der Waals surface area contributed by atoms with E-state index in [1.807, 2.05) is 61.5 Å². The molecule has 0 spiro atoms. The second kappa shape index (κ2) is 11.3. The van der Waals surface area contributed by atoms with Crippen LogP contribution in [0.2, 0.25) is 0 Å². The van der Waals surface area contributed by atoms with E-state index in [1.54, 1.807) is 20.1 Å². The second-order valence-electron chi connectivity index (χ2n) is 9.25. The van der Waals surface area contributed by atoms with Crippen LogP contribution in [0.25, 0.3) is 33.1 Å². The van der Waals surface area contributed by atoms with Crippen molar-refractivity contribution in [1.82, 2.24) is 14.5 Å². The Morgan fingerprint density at radius 1 is 0.974 bits per heavy atom. The fraction of sp³-hybridized carbons (Fsp3) is 0.194. The van der Waals surface area contributed by atoms with Crippen LogP contribution in [0.3, 0.4) is 0 Å². The van der Waals surface area contributed by atoms with Gasteiger partial charge in [-0.2, -0.15) is 0 Å². The summed E-state index contributed by atoms with van der Waals surface area (Å²) in [6, 6.07) is 21.8. The molecule has 5 rings (SSSR count). The summed E-state index contributed by atoms with van der Waals surface area (Å²) in [6.07, 6.45) is 0.568. The largest absolute Gasteiger partial charge is 0.504 e. The number of nitrogens with zero attached hydrogens (tertiary/aromatic N) is 3. The van der Waals surface area contributed by atoms with Crippen molar-refractivity contribution in [3.05, 3.63) is 111 Å². The Bertz CT molecular complexity index is 1700. The predicted octanol–water partition coefficient (Wildman–Crippen LogP) is 6.55. The molecule has 0 radical (unpaired) electrons. The summed E-state index contributed by atoms with van der Waals surface area (Å²) in [5.41, 5.74) is 4.54. The molecule has 0 saturated heterocycles. The minimum absolute atomic E-state index is 0.178. The number of ether oxygens (including phenoxy) is 1. The summed E-state index contributed by atoms with van der Waals surface area (Å²) in [5.74, 6) is -1.06. The molecular weight excluding hydrogens is 513 g/mol. The van der Waals surface area contributed by atoms with Crippen LogP contribution < -0.4 is 5.56 Å². The lowest BCUT2D eigenvalue weighted by Gasteiger charge is -2.16. The lowest BCUT2D eigenvalue weighted by Crippen LogP contribution is -2.27. The molecule has 5 aromatic rings. The summed E-state index contributed by atoms with van der Waals surface area (Å²) in [4.78, 5) is 25.4. The quantitative estimate of drug-likeness (QED) is 0.241. The summed E-state index contributed by atoms with van der Waals surface area (Å²) >= 11 is 1.51. The Balaban J connectivity index is 1.64. The van der Waals surface area contributed by atoms with E-state index >= 15 is 0 Å². The number of halogens is 1. The first-order valence-corrected chi connectivity index (χ1v) is 13.4. The van der Waals surface area contributed by atoms with E-state index in [0.717, 1.165) is 32.3 Å². The fourth-order valence-corrected chi connectivity index (χ4v) is 5.77. The molecule has 198 valence electrons. The molecule has 0 aliphatic carbocycles. The molecule has 0 unspecified atom stereocenters. The van der Waals surface area contributed by atoms with E-state index in [1.165, 1.54) is 28.0 Å². The van der Waals surface area contributed by atoms with Crippen LogP contribution in [0.1, 0.15) is 21.8 Å². The lowest BCUT2D eigenvalue weighted by molar-refractivity contribution is 0.181. The van der Waals surface area contributed by atoms with Gasteiger partial charge in [-0.25, -0.2) is 9.37 Å². The third-order valence-corrected chi connectivity index (χ3v) is 7.65. The predicted molar refractivity (Wildman–Crippen MR) is 152 cm³/mol. The van der Waals surface area contributed by atoms with E-state index in [0.29, 0.717) is 30.8 Å². The lowest BCUT2D eigenvalue weighted by atomic mass is 10.1. The van der Waals surface area contributed by atoms with E-state index in [2.05, 4.69) is 0 Å². The summed E-state index contributed by atoms with van der Waals surface area (Å²) < 4.78 is 21.1. The molecule has 0 fully saturated rings. The first kappa shape index (κ1) is 26.5. The molecular formula is C31H28FN3O3S. The zero-order valence-corrected chi connectivity index (χ0v) is 22.8. The molecule has 3 heterocycles. The molecule has 6 nitrogen and oxygen atoms in total. The molecule has 1 N–H and O–H groups in total. The van der Waals surface area contributed by atoms with Crippen molar-refractivity contribution in [2.24, 2.45) is 0 Å². The van der Waals surface area contributed by atoms with Crippen LogP contribution in [0.15, 0.2) is 77.6 Å². The highest BCUT2D eigenvalue weighted by molar-refractivity contribution is 7.16. The van der Waals surface area contributed by atoms with Crippen LogP contribution >= 0.6 is 11.3 Å². The average Bonchev–Trinajstić information content (AvgIpc) is 3.31. The molecule has 0 atom stereocenters. The van der Waals surface area contributed by atoms with E-state index < -0.39 is 11.6 Å². The smallest absolute Gasteiger partial charge is 0.262 e. The minimum atomic E-state index is -0.764. The summed E-state index contributed by atoms with van der Waals surface area (Å²) in [6.45, 7) is 4.49. The van der Waals surface area contributed by atoms with Crippen molar-refractivity contribution in [1.29, 1.82) is 0 Å². The number of rotatable bonds is 8. The second-order valence-corrected chi connectivity index (χ2v) is 10.5. The SMILES string of the molecule is COCc1cccc(-c2cc(-c3c(C)nc(-c4cccc(F)c4O)n(CCc4ccccc4)c3=O)sc2C)n1. The van der Waals surface area contributed by atoms with E-state index in [4.69, 9.17) is 14.7 Å². The maximum absolute atomic E-state index is 14.3. The van der Waals surface area contributed by atoms with Crippen LogP contribution in [0.5, 0.6) is 5.75 Å². The maximum atomic E-state index is 14.3. The highest BCUT2D eigenvalue weighted by atomic mass is 32.1. The first-order chi connectivity index (χ1) is 18.9. The van der Waals surface area contributed by atoms with Gasteiger partial charge in [-0.05, 0) is 56.2 Å². The Morgan fingerprint density at radius 2 is 1.74 bits per heavy atom. The molecule has 0 saturated carbocycles. The van der Waals surface area contributed by atoms with Gasteiger partial charge < -0.3 is 9.84 Å². The molecule has 0 aliphatic rings. The van der Waals surface area contributed by atoms with Crippen molar-refractivity contribution in [2.75, 3.05) is 7.11 Å². The Morgan fingerprint density at radius 3 is 2.51 bits per heavy atom.